The van der Waals surface area contributed by atoms with E-state index in [1.165, 1.54) is 54.1 Å². The zero-order valence-corrected chi connectivity index (χ0v) is 21.7. The molecule has 196 valence electrons. The number of sulfonamides is 1. The molecule has 0 bridgehead atoms. The Kier molecular flexibility index (Phi) is 7.71. The Morgan fingerprint density at radius 1 is 1.22 bits per heavy atom. The number of benzene rings is 2. The number of carbonyl (C=O) groups excluding carboxylic acids is 2. The van der Waals surface area contributed by atoms with Gasteiger partial charge < -0.3 is 14.0 Å². The van der Waals surface area contributed by atoms with Crippen LogP contribution in [0, 0.1) is 10.1 Å². The third-order valence-electron chi connectivity index (χ3n) is 5.83. The minimum Gasteiger partial charge on any atom is -0.497 e. The van der Waals surface area contributed by atoms with Gasteiger partial charge in [0.15, 0.2) is 4.80 Å². The van der Waals surface area contributed by atoms with Crippen molar-refractivity contribution >= 4 is 49.1 Å². The van der Waals surface area contributed by atoms with Crippen molar-refractivity contribution < 1.29 is 32.4 Å². The molecule has 2 heterocycles. The second-order valence-electron chi connectivity index (χ2n) is 8.08. The molecule has 1 atom stereocenters. The highest BCUT2D eigenvalue weighted by Crippen LogP contribution is 2.28. The van der Waals surface area contributed by atoms with Gasteiger partial charge in [0.1, 0.15) is 18.3 Å². The second-order valence-corrected chi connectivity index (χ2v) is 11.0. The molecule has 0 saturated carbocycles. The molecular formula is C23H24N4O8S2. The summed E-state index contributed by atoms with van der Waals surface area (Å²) in [5.41, 5.74) is 0.154. The predicted octanol–water partition coefficient (Wildman–Crippen LogP) is 2.46. The van der Waals surface area contributed by atoms with E-state index in [0.29, 0.717) is 22.4 Å². The van der Waals surface area contributed by atoms with Crippen molar-refractivity contribution in [1.82, 2.24) is 8.87 Å². The van der Waals surface area contributed by atoms with Crippen LogP contribution in [0.15, 0.2) is 52.4 Å². The van der Waals surface area contributed by atoms with Crippen molar-refractivity contribution in [3.63, 3.8) is 0 Å². The minimum atomic E-state index is -3.98. The summed E-state index contributed by atoms with van der Waals surface area (Å²) in [5.74, 6) is -0.792. The van der Waals surface area contributed by atoms with Gasteiger partial charge in [-0.3, -0.25) is 19.7 Å². The maximum absolute atomic E-state index is 13.3. The fourth-order valence-electron chi connectivity index (χ4n) is 4.07. The van der Waals surface area contributed by atoms with Crippen LogP contribution in [0.25, 0.3) is 10.2 Å². The lowest BCUT2D eigenvalue weighted by Crippen LogP contribution is -2.40. The van der Waals surface area contributed by atoms with E-state index in [1.54, 1.807) is 6.92 Å². The van der Waals surface area contributed by atoms with E-state index in [0.717, 1.165) is 15.6 Å². The number of nitrogens with zero attached hydrogens (tertiary/aromatic N) is 4. The number of non-ortho nitro benzene ring substituents is 1. The first-order valence-corrected chi connectivity index (χ1v) is 13.6. The third kappa shape index (κ3) is 5.40. The highest BCUT2D eigenvalue weighted by molar-refractivity contribution is 7.89. The summed E-state index contributed by atoms with van der Waals surface area (Å²) in [6.45, 7) is 1.61. The first kappa shape index (κ1) is 26.4. The lowest BCUT2D eigenvalue weighted by molar-refractivity contribution is -0.384. The van der Waals surface area contributed by atoms with Crippen molar-refractivity contribution in [3.05, 3.63) is 57.4 Å². The van der Waals surface area contributed by atoms with Gasteiger partial charge in [0, 0.05) is 18.7 Å². The van der Waals surface area contributed by atoms with Gasteiger partial charge in [-0.2, -0.15) is 9.30 Å². The molecule has 1 aliphatic rings. The Labute approximate surface area is 216 Å². The zero-order valence-electron chi connectivity index (χ0n) is 20.0. The van der Waals surface area contributed by atoms with Crippen LogP contribution in [0.4, 0.5) is 5.69 Å². The molecule has 12 nitrogen and oxygen atoms in total. The van der Waals surface area contributed by atoms with Gasteiger partial charge in [0.25, 0.3) is 11.6 Å². The van der Waals surface area contributed by atoms with E-state index in [4.69, 9.17) is 9.47 Å². The van der Waals surface area contributed by atoms with Gasteiger partial charge >= 0.3 is 5.97 Å². The molecule has 1 saturated heterocycles. The fourth-order valence-corrected chi connectivity index (χ4v) is 6.74. The van der Waals surface area contributed by atoms with E-state index in [2.05, 4.69) is 4.99 Å². The Hall–Kier alpha value is -3.62. The lowest BCUT2D eigenvalue weighted by atomic mass is 10.2. The lowest BCUT2D eigenvalue weighted by Gasteiger charge is -2.21. The van der Waals surface area contributed by atoms with E-state index in [-0.39, 0.29) is 41.5 Å². The summed E-state index contributed by atoms with van der Waals surface area (Å²) in [6.07, 6.45) is 0.759. The molecule has 1 aliphatic heterocycles. The van der Waals surface area contributed by atoms with Crippen LogP contribution in [0.5, 0.6) is 5.75 Å². The van der Waals surface area contributed by atoms with Crippen molar-refractivity contribution in [3.8, 4) is 5.75 Å². The van der Waals surface area contributed by atoms with Crippen molar-refractivity contribution in [2.75, 3.05) is 20.3 Å². The molecule has 1 fully saturated rings. The topological polar surface area (TPSA) is 150 Å². The van der Waals surface area contributed by atoms with Crippen LogP contribution >= 0.6 is 11.3 Å². The molecule has 1 unspecified atom stereocenters. The van der Waals surface area contributed by atoms with E-state index in [1.807, 2.05) is 0 Å². The Morgan fingerprint density at radius 3 is 2.59 bits per heavy atom. The molecule has 0 N–H and O–H groups in total. The summed E-state index contributed by atoms with van der Waals surface area (Å²) in [5, 5.41) is 11.3. The van der Waals surface area contributed by atoms with Gasteiger partial charge in [-0.25, -0.2) is 8.42 Å². The molecule has 1 amide bonds. The van der Waals surface area contributed by atoms with Crippen molar-refractivity contribution in [2.24, 2.45) is 4.99 Å². The molecule has 4 rings (SSSR count). The van der Waals surface area contributed by atoms with Crippen LogP contribution < -0.4 is 9.54 Å². The number of rotatable bonds is 8. The third-order valence-corrected chi connectivity index (χ3v) is 8.81. The van der Waals surface area contributed by atoms with Gasteiger partial charge in [0.05, 0.1) is 33.8 Å². The molecule has 2 aromatic carbocycles. The first-order chi connectivity index (χ1) is 17.6. The van der Waals surface area contributed by atoms with Gasteiger partial charge in [-0.1, -0.05) is 11.3 Å². The first-order valence-electron chi connectivity index (χ1n) is 11.3. The highest BCUT2D eigenvalue weighted by Gasteiger charge is 2.39. The largest absolute Gasteiger partial charge is 0.497 e. The van der Waals surface area contributed by atoms with Crippen LogP contribution in [0.2, 0.25) is 0 Å². The number of aromatic nitrogens is 1. The maximum atomic E-state index is 13.3. The molecule has 1 aromatic heterocycles. The van der Waals surface area contributed by atoms with E-state index < -0.39 is 32.9 Å². The van der Waals surface area contributed by atoms with E-state index in [9.17, 15) is 28.1 Å². The second kappa shape index (κ2) is 10.8. The Morgan fingerprint density at radius 2 is 1.95 bits per heavy atom. The Balaban J connectivity index is 1.73. The molecule has 37 heavy (non-hydrogen) atoms. The summed E-state index contributed by atoms with van der Waals surface area (Å²) >= 11 is 1.06. The smallest absolute Gasteiger partial charge is 0.326 e. The van der Waals surface area contributed by atoms with Gasteiger partial charge in [-0.05, 0) is 50.1 Å². The number of thiazole rings is 1. The molecule has 14 heteroatoms. The number of amides is 1. The normalized spacial score (nSPS) is 16.7. The fraction of sp³-hybridized carbons (Fsp3) is 0.348. The summed E-state index contributed by atoms with van der Waals surface area (Å²) in [6, 6.07) is 8.98. The van der Waals surface area contributed by atoms with Crippen LogP contribution in [0.3, 0.4) is 0 Å². The summed E-state index contributed by atoms with van der Waals surface area (Å²) in [7, 11) is -2.51. The maximum Gasteiger partial charge on any atom is 0.326 e. The summed E-state index contributed by atoms with van der Waals surface area (Å²) < 4.78 is 39.8. The number of nitro benzene ring substituents is 1. The standard InChI is InChI=1S/C23H24N4O8S2/c1-3-35-21(28)14-25-19-13-15(27(30)31)6-11-20(19)36-23(25)24-22(29)18-5-4-12-26(18)37(32,33)17-9-7-16(34-2)8-10-17/h6-11,13,18H,3-5,12,14H2,1-2H3. The average molecular weight is 549 g/mol. The predicted molar refractivity (Wildman–Crippen MR) is 134 cm³/mol. The summed E-state index contributed by atoms with van der Waals surface area (Å²) in [4.78, 5) is 40.6. The number of fused-ring (bicyclic) bond motifs is 1. The molecule has 0 aliphatic carbocycles. The zero-order chi connectivity index (χ0) is 26.7. The average Bonchev–Trinajstić information content (AvgIpc) is 3.50. The number of nitro groups is 1. The van der Waals surface area contributed by atoms with E-state index >= 15 is 0 Å². The number of esters is 1. The Bertz CT molecular complexity index is 1530. The molecule has 0 spiro atoms. The minimum absolute atomic E-state index is 0.0274. The molecular weight excluding hydrogens is 524 g/mol. The van der Waals surface area contributed by atoms with Crippen LogP contribution in [0.1, 0.15) is 19.8 Å². The number of hydrogen-bond donors (Lipinski definition) is 0. The van der Waals surface area contributed by atoms with Crippen molar-refractivity contribution in [1.29, 1.82) is 0 Å². The quantitative estimate of drug-likeness (QED) is 0.237. The van der Waals surface area contributed by atoms with Gasteiger partial charge in [-0.15, -0.1) is 0 Å². The molecule has 0 radical (unpaired) electrons. The number of methoxy groups -OCH3 is 1. The SMILES string of the molecule is CCOC(=O)Cn1c(=NC(=O)C2CCCN2S(=O)(=O)c2ccc(OC)cc2)sc2ccc([N+](=O)[O-])cc21. The van der Waals surface area contributed by atoms with Crippen LogP contribution in [-0.4, -0.2) is 60.4 Å². The van der Waals surface area contributed by atoms with Gasteiger partial charge in [0.2, 0.25) is 10.0 Å². The van der Waals surface area contributed by atoms with Crippen LogP contribution in [-0.2, 0) is 30.9 Å². The number of carbonyl (C=O) groups is 2. The highest BCUT2D eigenvalue weighted by atomic mass is 32.2. The monoisotopic (exact) mass is 548 g/mol. The van der Waals surface area contributed by atoms with Crippen molar-refractivity contribution in [2.45, 2.75) is 37.2 Å². The number of hydrogen-bond acceptors (Lipinski definition) is 9. The molecule has 3 aromatic rings. The number of ether oxygens (including phenoxy) is 2.